The van der Waals surface area contributed by atoms with Gasteiger partial charge in [-0.25, -0.2) is 0 Å². The minimum absolute atomic E-state index is 0.0833. The number of aryl methyl sites for hydroxylation is 1. The van der Waals surface area contributed by atoms with Gasteiger partial charge in [-0.15, -0.1) is 0 Å². The number of aliphatic hydroxyl groups is 1. The Morgan fingerprint density at radius 1 is 1.00 bits per heavy atom. The van der Waals surface area contributed by atoms with E-state index in [0.717, 1.165) is 55.1 Å². The van der Waals surface area contributed by atoms with E-state index in [1.807, 2.05) is 0 Å². The second-order valence-electron chi connectivity index (χ2n) is 12.9. The fourth-order valence-corrected chi connectivity index (χ4v) is 9.55. The predicted octanol–water partition coefficient (Wildman–Crippen LogP) is 7.69. The van der Waals surface area contributed by atoms with Gasteiger partial charge in [-0.05, 0) is 129 Å². The van der Waals surface area contributed by atoms with Gasteiger partial charge in [0.15, 0.2) is 0 Å². The Labute approximate surface area is 203 Å². The predicted molar refractivity (Wildman–Crippen MR) is 128 cm³/mol. The number of nitrogens with zero attached hydrogens (tertiary/aromatic N) is 1. The van der Waals surface area contributed by atoms with E-state index in [9.17, 15) is 18.3 Å². The summed E-state index contributed by atoms with van der Waals surface area (Å²) in [5.74, 6) is 4.47. The average molecular weight is 478 g/mol. The van der Waals surface area contributed by atoms with Crippen molar-refractivity contribution in [3.05, 3.63) is 29.6 Å². The van der Waals surface area contributed by atoms with E-state index in [4.69, 9.17) is 0 Å². The van der Waals surface area contributed by atoms with E-state index in [1.54, 1.807) is 6.07 Å². The van der Waals surface area contributed by atoms with Crippen molar-refractivity contribution < 1.29 is 18.3 Å². The smallest absolute Gasteiger partial charge is 0.393 e. The summed E-state index contributed by atoms with van der Waals surface area (Å²) in [5.41, 5.74) is 0.927. The van der Waals surface area contributed by atoms with Crippen molar-refractivity contribution in [3.63, 3.8) is 0 Å². The van der Waals surface area contributed by atoms with Crippen LogP contribution in [0.1, 0.15) is 96.2 Å². The molecule has 34 heavy (non-hydrogen) atoms. The zero-order valence-electron chi connectivity index (χ0n) is 21.1. The molecular weight excluding hydrogens is 435 g/mol. The summed E-state index contributed by atoms with van der Waals surface area (Å²) in [7, 11) is 0. The molecule has 0 aliphatic heterocycles. The second-order valence-corrected chi connectivity index (χ2v) is 12.9. The lowest BCUT2D eigenvalue weighted by Gasteiger charge is -2.61. The van der Waals surface area contributed by atoms with Crippen molar-refractivity contribution in [2.75, 3.05) is 0 Å². The fraction of sp³-hybridized carbons (Fsp3) is 0.828. The third kappa shape index (κ3) is 4.12. The van der Waals surface area contributed by atoms with Gasteiger partial charge in [0.05, 0.1) is 6.10 Å². The highest BCUT2D eigenvalue weighted by molar-refractivity contribution is 5.16. The van der Waals surface area contributed by atoms with Gasteiger partial charge in [0, 0.05) is 6.20 Å². The number of pyridine rings is 1. The molecule has 4 fully saturated rings. The van der Waals surface area contributed by atoms with Crippen LogP contribution in [0.15, 0.2) is 18.3 Å². The highest BCUT2D eigenvalue weighted by Gasteiger charge is 2.60. The van der Waals surface area contributed by atoms with Crippen LogP contribution in [0.5, 0.6) is 0 Å². The van der Waals surface area contributed by atoms with Crippen molar-refractivity contribution in [2.45, 2.75) is 104 Å². The average Bonchev–Trinajstić information content (AvgIpc) is 3.15. The summed E-state index contributed by atoms with van der Waals surface area (Å²) in [6, 6.07) is 2.72. The zero-order chi connectivity index (χ0) is 24.3. The molecule has 0 amide bonds. The van der Waals surface area contributed by atoms with E-state index < -0.39 is 11.9 Å². The molecule has 0 radical (unpaired) electrons. The van der Waals surface area contributed by atoms with Gasteiger partial charge < -0.3 is 5.11 Å². The summed E-state index contributed by atoms with van der Waals surface area (Å²) >= 11 is 0. The number of aliphatic hydroxyl groups excluding tert-OH is 1. The molecule has 5 heteroatoms. The molecule has 9 atom stereocenters. The monoisotopic (exact) mass is 477 g/mol. The minimum atomic E-state index is -4.37. The van der Waals surface area contributed by atoms with Crippen LogP contribution in [-0.2, 0) is 12.6 Å². The van der Waals surface area contributed by atoms with Crippen LogP contribution < -0.4 is 0 Å². The number of halogens is 3. The maximum atomic E-state index is 12.8. The first-order chi connectivity index (χ1) is 16.0. The van der Waals surface area contributed by atoms with Crippen molar-refractivity contribution in [3.8, 4) is 0 Å². The van der Waals surface area contributed by atoms with Crippen LogP contribution in [0.4, 0.5) is 13.2 Å². The normalized spacial score (nSPS) is 43.0. The molecule has 0 saturated heterocycles. The van der Waals surface area contributed by atoms with Gasteiger partial charge in [0.25, 0.3) is 0 Å². The Kier molecular flexibility index (Phi) is 6.35. The summed E-state index contributed by atoms with van der Waals surface area (Å²) < 4.78 is 38.4. The molecule has 9 unspecified atom stereocenters. The Morgan fingerprint density at radius 2 is 1.74 bits per heavy atom. The SMILES string of the molecule is CC(CCc1ccc(C(F)(F)F)nc1)C1CCC2C3CCC4CC(O)CCC4(C)C3CCC12C. The minimum Gasteiger partial charge on any atom is -0.393 e. The van der Waals surface area contributed by atoms with E-state index in [0.29, 0.717) is 28.6 Å². The van der Waals surface area contributed by atoms with Gasteiger partial charge in [0.1, 0.15) is 5.69 Å². The Hall–Kier alpha value is -1.10. The van der Waals surface area contributed by atoms with Crippen LogP contribution in [0.2, 0.25) is 0 Å². The Morgan fingerprint density at radius 3 is 2.44 bits per heavy atom. The quantitative estimate of drug-likeness (QED) is 0.482. The van der Waals surface area contributed by atoms with Gasteiger partial charge in [-0.2, -0.15) is 13.2 Å². The third-order valence-electron chi connectivity index (χ3n) is 11.4. The van der Waals surface area contributed by atoms with Crippen LogP contribution in [0.3, 0.4) is 0 Å². The molecule has 0 aromatic carbocycles. The van der Waals surface area contributed by atoms with Crippen LogP contribution in [0.25, 0.3) is 0 Å². The van der Waals surface area contributed by atoms with Crippen molar-refractivity contribution in [1.82, 2.24) is 4.98 Å². The van der Waals surface area contributed by atoms with Gasteiger partial charge >= 0.3 is 6.18 Å². The van der Waals surface area contributed by atoms with E-state index in [1.165, 1.54) is 51.1 Å². The lowest BCUT2D eigenvalue weighted by Crippen LogP contribution is -2.54. The van der Waals surface area contributed by atoms with E-state index >= 15 is 0 Å². The lowest BCUT2D eigenvalue weighted by molar-refractivity contribution is -0.141. The van der Waals surface area contributed by atoms with E-state index in [-0.39, 0.29) is 6.10 Å². The standard InChI is InChI=1S/C29H42F3NO/c1-18(4-5-19-6-11-26(33-17-19)29(30,31)32)23-9-10-24-22-8-7-20-16-21(34)12-14-27(20,2)25(22)13-15-28(23,24)3/h6,11,17-18,20-25,34H,4-5,7-10,12-16H2,1-3H3. The maximum absolute atomic E-state index is 12.8. The lowest BCUT2D eigenvalue weighted by atomic mass is 9.44. The van der Waals surface area contributed by atoms with Crippen molar-refractivity contribution in [2.24, 2.45) is 46.3 Å². The van der Waals surface area contributed by atoms with Gasteiger partial charge in [-0.1, -0.05) is 26.8 Å². The second kappa shape index (κ2) is 8.78. The molecule has 4 aliphatic carbocycles. The fourth-order valence-electron chi connectivity index (χ4n) is 9.55. The first kappa shape index (κ1) is 24.6. The molecule has 1 aromatic heterocycles. The molecule has 0 spiro atoms. The Balaban J connectivity index is 1.24. The summed E-state index contributed by atoms with van der Waals surface area (Å²) in [4.78, 5) is 3.65. The van der Waals surface area contributed by atoms with E-state index in [2.05, 4.69) is 25.8 Å². The first-order valence-corrected chi connectivity index (χ1v) is 13.7. The van der Waals surface area contributed by atoms with Crippen molar-refractivity contribution >= 4 is 0 Å². The molecule has 4 saturated carbocycles. The summed E-state index contributed by atoms with van der Waals surface area (Å²) in [5, 5.41) is 10.3. The number of aromatic nitrogens is 1. The topological polar surface area (TPSA) is 33.1 Å². The largest absolute Gasteiger partial charge is 0.433 e. The third-order valence-corrected chi connectivity index (χ3v) is 11.4. The highest BCUT2D eigenvalue weighted by Crippen LogP contribution is 2.68. The molecule has 1 heterocycles. The molecule has 0 bridgehead atoms. The number of fused-ring (bicyclic) bond motifs is 5. The summed E-state index contributed by atoms with van der Waals surface area (Å²) in [6.07, 6.45) is 9.93. The molecule has 2 nitrogen and oxygen atoms in total. The molecule has 1 aromatic rings. The number of rotatable bonds is 4. The summed E-state index contributed by atoms with van der Waals surface area (Å²) in [6.45, 7) is 7.50. The molecular formula is C29H42F3NO. The molecule has 4 aliphatic rings. The first-order valence-electron chi connectivity index (χ1n) is 13.7. The van der Waals surface area contributed by atoms with Crippen LogP contribution >= 0.6 is 0 Å². The maximum Gasteiger partial charge on any atom is 0.433 e. The van der Waals surface area contributed by atoms with Crippen molar-refractivity contribution in [1.29, 1.82) is 0 Å². The molecule has 190 valence electrons. The number of hydrogen-bond acceptors (Lipinski definition) is 2. The van der Waals surface area contributed by atoms with Crippen LogP contribution in [0, 0.1) is 46.3 Å². The number of alkyl halides is 3. The van der Waals surface area contributed by atoms with Crippen LogP contribution in [-0.4, -0.2) is 16.2 Å². The Bertz CT molecular complexity index is 869. The van der Waals surface area contributed by atoms with Gasteiger partial charge in [-0.3, -0.25) is 4.98 Å². The van der Waals surface area contributed by atoms with Gasteiger partial charge in [0.2, 0.25) is 0 Å². The zero-order valence-corrected chi connectivity index (χ0v) is 21.1. The highest BCUT2D eigenvalue weighted by atomic mass is 19.4. The molecule has 5 rings (SSSR count). The number of hydrogen-bond donors (Lipinski definition) is 1. The molecule has 1 N–H and O–H groups in total.